The molecule has 3 rings (SSSR count). The van der Waals surface area contributed by atoms with E-state index < -0.39 is 0 Å². The van der Waals surface area contributed by atoms with Gasteiger partial charge in [-0.05, 0) is 56.1 Å². The first kappa shape index (κ1) is 15.2. The van der Waals surface area contributed by atoms with E-state index in [4.69, 9.17) is 4.74 Å². The number of pyridine rings is 1. The van der Waals surface area contributed by atoms with E-state index in [1.807, 2.05) is 12.1 Å². The number of nitrogens with one attached hydrogen (secondary N) is 1. The fourth-order valence-electron chi connectivity index (χ4n) is 2.20. The number of halogens is 2. The highest BCUT2D eigenvalue weighted by atomic mass is 79.9. The van der Waals surface area contributed by atoms with Gasteiger partial charge in [0.05, 0.1) is 18.4 Å². The minimum atomic E-state index is -0.235. The number of aromatic nitrogens is 1. The lowest BCUT2D eigenvalue weighted by Crippen LogP contribution is -2.30. The molecule has 1 aliphatic heterocycles. The highest BCUT2D eigenvalue weighted by molar-refractivity contribution is 9.10. The fraction of sp³-hybridized carbons (Fsp3) is 0.133. The van der Waals surface area contributed by atoms with Gasteiger partial charge in [-0.1, -0.05) is 0 Å². The maximum absolute atomic E-state index is 12.2. The van der Waals surface area contributed by atoms with Gasteiger partial charge in [0.2, 0.25) is 0 Å². The maximum atomic E-state index is 12.2. The molecular weight excluding hydrogens is 414 g/mol. The summed E-state index contributed by atoms with van der Waals surface area (Å²) in [6.45, 7) is 0. The van der Waals surface area contributed by atoms with Gasteiger partial charge in [-0.15, -0.1) is 0 Å². The summed E-state index contributed by atoms with van der Waals surface area (Å²) in [5.41, 5.74) is 2.23. The highest BCUT2D eigenvalue weighted by Crippen LogP contribution is 2.39. The number of nitrogens with zero attached hydrogens (tertiary/aromatic N) is 2. The number of aliphatic imine (C=N–C) groups is 1. The molecule has 112 valence electrons. The van der Waals surface area contributed by atoms with Crippen molar-refractivity contribution in [1.29, 1.82) is 0 Å². The lowest BCUT2D eigenvalue weighted by molar-refractivity contribution is 0.0976. The van der Waals surface area contributed by atoms with E-state index in [2.05, 4.69) is 47.2 Å². The lowest BCUT2D eigenvalue weighted by Gasteiger charge is -2.07. The monoisotopic (exact) mass is 423 g/mol. The quantitative estimate of drug-likeness (QED) is 0.748. The van der Waals surface area contributed by atoms with Crippen LogP contribution in [-0.2, 0) is 6.42 Å². The van der Waals surface area contributed by atoms with Crippen LogP contribution in [0.4, 0.5) is 5.69 Å². The Balaban J connectivity index is 1.81. The van der Waals surface area contributed by atoms with Crippen LogP contribution >= 0.6 is 31.9 Å². The van der Waals surface area contributed by atoms with Gasteiger partial charge in [0, 0.05) is 22.7 Å². The molecule has 5 nitrogen and oxygen atoms in total. The molecule has 2 aromatic rings. The third-order valence-corrected chi connectivity index (χ3v) is 4.36. The molecule has 7 heteroatoms. The van der Waals surface area contributed by atoms with E-state index in [0.717, 1.165) is 21.5 Å². The zero-order valence-electron chi connectivity index (χ0n) is 11.6. The van der Waals surface area contributed by atoms with E-state index in [0.29, 0.717) is 22.4 Å². The Hall–Kier alpha value is -1.73. The summed E-state index contributed by atoms with van der Waals surface area (Å²) in [6, 6.07) is 7.18. The largest absolute Gasteiger partial charge is 0.496 e. The summed E-state index contributed by atoms with van der Waals surface area (Å²) < 4.78 is 6.90. The number of amides is 1. The first-order valence-corrected chi connectivity index (χ1v) is 8.03. The van der Waals surface area contributed by atoms with Crippen molar-refractivity contribution >= 4 is 49.3 Å². The summed E-state index contributed by atoms with van der Waals surface area (Å²) in [5.74, 6) is 1.12. The molecule has 1 amide bonds. The molecule has 0 saturated heterocycles. The van der Waals surface area contributed by atoms with Crippen LogP contribution in [0.1, 0.15) is 15.9 Å². The van der Waals surface area contributed by atoms with Crippen molar-refractivity contribution in [3.63, 3.8) is 0 Å². The Morgan fingerprint density at radius 2 is 2.09 bits per heavy atom. The molecule has 0 fully saturated rings. The molecule has 0 radical (unpaired) electrons. The van der Waals surface area contributed by atoms with Gasteiger partial charge < -0.3 is 10.1 Å². The van der Waals surface area contributed by atoms with E-state index in [1.165, 1.54) is 6.20 Å². The van der Waals surface area contributed by atoms with E-state index >= 15 is 0 Å². The molecule has 1 aliphatic rings. The van der Waals surface area contributed by atoms with E-state index in [9.17, 15) is 4.79 Å². The Bertz CT molecular complexity index is 773. The smallest absolute Gasteiger partial charge is 0.258 e. The number of rotatable bonds is 2. The highest BCUT2D eigenvalue weighted by Gasteiger charge is 2.22. The molecule has 0 saturated carbocycles. The summed E-state index contributed by atoms with van der Waals surface area (Å²) in [5, 5.41) is 2.82. The number of hydrogen-bond acceptors (Lipinski definition) is 4. The maximum Gasteiger partial charge on any atom is 0.258 e. The molecule has 1 aromatic heterocycles. The number of amidine groups is 1. The molecule has 2 heterocycles. The van der Waals surface area contributed by atoms with Crippen LogP contribution in [0.5, 0.6) is 5.75 Å². The summed E-state index contributed by atoms with van der Waals surface area (Å²) in [4.78, 5) is 20.7. The van der Waals surface area contributed by atoms with Crippen molar-refractivity contribution < 1.29 is 9.53 Å². The molecule has 22 heavy (non-hydrogen) atoms. The standard InChI is InChI=1S/C15H11Br2N3O2/c1-22-11-4-3-10(16)14-9(11)6-13(19-14)20-15(21)8-2-5-12(17)18-7-8/h2-5,7H,6H2,1H3,(H,19,20,21). The minimum Gasteiger partial charge on any atom is -0.496 e. The third-order valence-electron chi connectivity index (χ3n) is 3.25. The van der Waals surface area contributed by atoms with Crippen LogP contribution in [0.25, 0.3) is 0 Å². The minimum absolute atomic E-state index is 0.235. The molecule has 0 bridgehead atoms. The number of benzene rings is 1. The van der Waals surface area contributed by atoms with E-state index in [1.54, 1.807) is 19.2 Å². The van der Waals surface area contributed by atoms with E-state index in [-0.39, 0.29) is 5.91 Å². The van der Waals surface area contributed by atoms with Gasteiger partial charge in [-0.25, -0.2) is 9.98 Å². The Morgan fingerprint density at radius 3 is 2.77 bits per heavy atom. The average Bonchev–Trinajstić information content (AvgIpc) is 2.93. The average molecular weight is 425 g/mol. The molecular formula is C15H11Br2N3O2. The second-order valence-corrected chi connectivity index (χ2v) is 6.30. The second-order valence-electron chi connectivity index (χ2n) is 4.64. The predicted octanol–water partition coefficient (Wildman–Crippen LogP) is 3.63. The van der Waals surface area contributed by atoms with Crippen molar-refractivity contribution in [3.05, 3.63) is 50.7 Å². The van der Waals surface area contributed by atoms with Crippen molar-refractivity contribution in [2.75, 3.05) is 7.11 Å². The van der Waals surface area contributed by atoms with Crippen molar-refractivity contribution in [3.8, 4) is 5.75 Å². The first-order valence-electron chi connectivity index (χ1n) is 6.44. The first-order chi connectivity index (χ1) is 10.6. The van der Waals surface area contributed by atoms with Gasteiger partial charge in [0.1, 0.15) is 16.2 Å². The summed E-state index contributed by atoms with van der Waals surface area (Å²) >= 11 is 6.71. The van der Waals surface area contributed by atoms with Crippen LogP contribution in [0.15, 0.2) is 44.5 Å². The van der Waals surface area contributed by atoms with Crippen LogP contribution in [0, 0.1) is 0 Å². The van der Waals surface area contributed by atoms with Gasteiger partial charge in [0.25, 0.3) is 5.91 Å². The molecule has 0 aliphatic carbocycles. The molecule has 1 N–H and O–H groups in total. The van der Waals surface area contributed by atoms with Crippen LogP contribution < -0.4 is 10.1 Å². The summed E-state index contributed by atoms with van der Waals surface area (Å²) in [6.07, 6.45) is 2.03. The third kappa shape index (κ3) is 2.91. The number of hydrogen-bond donors (Lipinski definition) is 1. The van der Waals surface area contributed by atoms with Gasteiger partial charge >= 0.3 is 0 Å². The van der Waals surface area contributed by atoms with Crippen LogP contribution in [0.2, 0.25) is 0 Å². The fourth-order valence-corrected chi connectivity index (χ4v) is 2.89. The Labute approximate surface area is 144 Å². The summed E-state index contributed by atoms with van der Waals surface area (Å²) in [7, 11) is 1.62. The Kier molecular flexibility index (Phi) is 4.26. The van der Waals surface area contributed by atoms with Gasteiger partial charge in [-0.2, -0.15) is 0 Å². The van der Waals surface area contributed by atoms with Crippen molar-refractivity contribution in [1.82, 2.24) is 10.3 Å². The molecule has 0 spiro atoms. The number of carbonyl (C=O) groups excluding carboxylic acids is 1. The lowest BCUT2D eigenvalue weighted by atomic mass is 10.1. The van der Waals surface area contributed by atoms with Gasteiger partial charge in [-0.3, -0.25) is 4.79 Å². The zero-order chi connectivity index (χ0) is 15.7. The number of methoxy groups -OCH3 is 1. The molecule has 0 atom stereocenters. The van der Waals surface area contributed by atoms with Crippen LogP contribution in [-0.4, -0.2) is 23.8 Å². The van der Waals surface area contributed by atoms with Crippen molar-refractivity contribution in [2.45, 2.75) is 6.42 Å². The SMILES string of the molecule is COc1ccc(Br)c2c1CC(NC(=O)c1ccc(Br)nc1)=N2. The number of fused-ring (bicyclic) bond motifs is 1. The second kappa shape index (κ2) is 6.18. The van der Waals surface area contributed by atoms with Crippen LogP contribution in [0.3, 0.4) is 0 Å². The molecule has 1 aromatic carbocycles. The Morgan fingerprint density at radius 1 is 1.27 bits per heavy atom. The van der Waals surface area contributed by atoms with Gasteiger partial charge in [0.15, 0.2) is 0 Å². The molecule has 0 unspecified atom stereocenters. The predicted molar refractivity (Wildman–Crippen MR) is 90.9 cm³/mol. The number of carbonyl (C=O) groups is 1. The number of ether oxygens (including phenoxy) is 1. The van der Waals surface area contributed by atoms with Crippen molar-refractivity contribution in [2.24, 2.45) is 4.99 Å². The zero-order valence-corrected chi connectivity index (χ0v) is 14.7. The topological polar surface area (TPSA) is 63.6 Å². The normalized spacial score (nSPS) is 12.6.